The van der Waals surface area contributed by atoms with Crippen molar-refractivity contribution in [2.24, 2.45) is 5.73 Å². The third-order valence-corrected chi connectivity index (χ3v) is 4.50. The lowest BCUT2D eigenvalue weighted by Gasteiger charge is -2.12. The van der Waals surface area contributed by atoms with Crippen LogP contribution in [0.3, 0.4) is 0 Å². The summed E-state index contributed by atoms with van der Waals surface area (Å²) >= 11 is 0. The fraction of sp³-hybridized carbons (Fsp3) is 0.250. The van der Waals surface area contributed by atoms with Crippen molar-refractivity contribution in [3.05, 3.63) is 83.0 Å². The quantitative estimate of drug-likeness (QED) is 0.309. The van der Waals surface area contributed by atoms with Crippen LogP contribution in [0.25, 0.3) is 0 Å². The first-order valence-electron chi connectivity index (χ1n) is 10.3. The van der Waals surface area contributed by atoms with Crippen LogP contribution in [-0.4, -0.2) is 43.8 Å². The predicted octanol–water partition coefficient (Wildman–Crippen LogP) is 3.13. The lowest BCUT2D eigenvalue weighted by Crippen LogP contribution is -2.16. The van der Waals surface area contributed by atoms with Crippen molar-refractivity contribution in [2.75, 3.05) is 19.9 Å². The summed E-state index contributed by atoms with van der Waals surface area (Å²) < 4.78 is 37.1. The minimum absolute atomic E-state index is 0.330. The highest BCUT2D eigenvalue weighted by atomic mass is 32.2. The Bertz CT molecular complexity index is 1170. The van der Waals surface area contributed by atoms with Crippen molar-refractivity contribution in [3.8, 4) is 17.4 Å². The maximum atomic E-state index is 11.1. The highest BCUT2D eigenvalue weighted by Crippen LogP contribution is 2.31. The summed E-state index contributed by atoms with van der Waals surface area (Å²) in [6.07, 6.45) is 3.08. The van der Waals surface area contributed by atoms with E-state index in [1.807, 2.05) is 18.2 Å². The summed E-state index contributed by atoms with van der Waals surface area (Å²) in [5, 5.41) is 3.45. The Morgan fingerprint density at radius 3 is 2.26 bits per heavy atom. The van der Waals surface area contributed by atoms with Crippen LogP contribution in [0.5, 0.6) is 17.4 Å². The van der Waals surface area contributed by atoms with E-state index in [4.69, 9.17) is 19.8 Å². The van der Waals surface area contributed by atoms with E-state index in [0.717, 1.165) is 25.1 Å². The van der Waals surface area contributed by atoms with Crippen molar-refractivity contribution >= 4 is 16.0 Å². The molecule has 34 heavy (non-hydrogen) atoms. The van der Waals surface area contributed by atoms with Gasteiger partial charge in [0.2, 0.25) is 11.8 Å². The maximum absolute atomic E-state index is 11.1. The van der Waals surface area contributed by atoms with Gasteiger partial charge in [0.25, 0.3) is 10.1 Å². The molecule has 0 bridgehead atoms. The summed E-state index contributed by atoms with van der Waals surface area (Å²) in [5.74, 6) is 0.997. The molecule has 0 aliphatic rings. The monoisotopic (exact) mass is 487 g/mol. The van der Waals surface area contributed by atoms with Gasteiger partial charge in [0, 0.05) is 18.8 Å². The molecule has 1 aromatic heterocycles. The zero-order valence-corrected chi connectivity index (χ0v) is 20.1. The Labute approximate surface area is 199 Å². The van der Waals surface area contributed by atoms with Gasteiger partial charge in [-0.05, 0) is 49.2 Å². The molecule has 0 aliphatic heterocycles. The number of ether oxygens (including phenoxy) is 2. The minimum Gasteiger partial charge on any atom is -0.493 e. The Kier molecular flexibility index (Phi) is 9.99. The normalized spacial score (nSPS) is 10.7. The maximum Gasteiger partial charge on any atom is 0.261 e. The average molecular weight is 488 g/mol. The summed E-state index contributed by atoms with van der Waals surface area (Å²) in [4.78, 5) is 15.2. The Balaban J connectivity index is 0.000000739. The van der Waals surface area contributed by atoms with Gasteiger partial charge in [-0.3, -0.25) is 9.35 Å². The first-order valence-corrected chi connectivity index (χ1v) is 12.2. The molecule has 1 heterocycles. The van der Waals surface area contributed by atoms with Crippen molar-refractivity contribution in [1.29, 1.82) is 0 Å². The summed E-state index contributed by atoms with van der Waals surface area (Å²) in [7, 11) is -2.07. The molecule has 3 rings (SSSR count). The third kappa shape index (κ3) is 9.99. The van der Waals surface area contributed by atoms with Crippen molar-refractivity contribution in [1.82, 2.24) is 10.3 Å². The third-order valence-electron chi connectivity index (χ3n) is 4.50. The number of rotatable bonds is 9. The van der Waals surface area contributed by atoms with E-state index in [1.165, 1.54) is 17.3 Å². The summed E-state index contributed by atoms with van der Waals surface area (Å²) in [6.45, 7) is 3.71. The van der Waals surface area contributed by atoms with E-state index < -0.39 is 16.0 Å². The number of pyridine rings is 1. The topological polar surface area (TPSA) is 141 Å². The summed E-state index contributed by atoms with van der Waals surface area (Å²) in [5.41, 5.74) is 9.24. The second-order valence-corrected chi connectivity index (χ2v) is 8.95. The van der Waals surface area contributed by atoms with E-state index in [2.05, 4.69) is 41.5 Å². The fourth-order valence-electron chi connectivity index (χ4n) is 2.83. The molecule has 0 fully saturated rings. The lowest BCUT2D eigenvalue weighted by molar-refractivity contribution is 0.1000. The van der Waals surface area contributed by atoms with Gasteiger partial charge in [-0.1, -0.05) is 35.9 Å². The SMILES string of the molecule is COc1cc(CNCCc2ccc(C)cc2)ccc1Oc1ccc(C(N)=O)cn1.CS(=O)(=O)O. The van der Waals surface area contributed by atoms with Crippen LogP contribution in [0.15, 0.2) is 60.8 Å². The molecule has 0 unspecified atom stereocenters. The molecule has 0 saturated carbocycles. The van der Waals surface area contributed by atoms with Gasteiger partial charge in [-0.25, -0.2) is 4.98 Å². The number of primary amides is 1. The van der Waals surface area contributed by atoms with Gasteiger partial charge in [-0.15, -0.1) is 0 Å². The van der Waals surface area contributed by atoms with E-state index in [9.17, 15) is 13.2 Å². The molecule has 4 N–H and O–H groups in total. The van der Waals surface area contributed by atoms with Crippen LogP contribution < -0.4 is 20.5 Å². The smallest absolute Gasteiger partial charge is 0.261 e. The molecule has 3 aromatic rings. The predicted molar refractivity (Wildman–Crippen MR) is 130 cm³/mol. The molecular weight excluding hydrogens is 458 g/mol. The first kappa shape index (κ1) is 26.8. The van der Waals surface area contributed by atoms with Crippen molar-refractivity contribution in [2.45, 2.75) is 19.9 Å². The molecule has 10 heteroatoms. The molecule has 9 nitrogen and oxygen atoms in total. The number of nitrogens with one attached hydrogen (secondary N) is 1. The van der Waals surface area contributed by atoms with Gasteiger partial charge in [-0.2, -0.15) is 8.42 Å². The molecule has 0 spiro atoms. The number of carbonyl (C=O) groups excluding carboxylic acids is 1. The molecule has 0 radical (unpaired) electrons. The number of methoxy groups -OCH3 is 1. The van der Waals surface area contributed by atoms with E-state index >= 15 is 0 Å². The van der Waals surface area contributed by atoms with E-state index in [1.54, 1.807) is 19.2 Å². The second-order valence-electron chi connectivity index (χ2n) is 7.48. The standard InChI is InChI=1S/C23H25N3O3.CH4O3S/c1-16-3-5-17(6-4-16)11-12-25-14-18-7-9-20(21(13-18)28-2)29-22-10-8-19(15-26-22)23(24)27;1-5(2,3)4/h3-10,13,15,25H,11-12,14H2,1-2H3,(H2,24,27);1H3,(H,2,3,4). The zero-order chi connectivity index (χ0) is 25.1. The number of nitrogens with two attached hydrogens (primary N) is 1. The summed E-state index contributed by atoms with van der Waals surface area (Å²) in [6, 6.07) is 17.5. The fourth-order valence-corrected chi connectivity index (χ4v) is 2.83. The van der Waals surface area contributed by atoms with Gasteiger partial charge in [0.05, 0.1) is 18.9 Å². The van der Waals surface area contributed by atoms with Crippen LogP contribution in [0.4, 0.5) is 0 Å². The van der Waals surface area contributed by atoms with E-state index in [0.29, 0.717) is 29.2 Å². The zero-order valence-electron chi connectivity index (χ0n) is 19.3. The highest BCUT2D eigenvalue weighted by Gasteiger charge is 2.09. The largest absolute Gasteiger partial charge is 0.493 e. The van der Waals surface area contributed by atoms with Crippen LogP contribution >= 0.6 is 0 Å². The van der Waals surface area contributed by atoms with Gasteiger partial charge < -0.3 is 20.5 Å². The minimum atomic E-state index is -3.67. The Morgan fingerprint density at radius 1 is 1.06 bits per heavy atom. The second kappa shape index (κ2) is 12.7. The van der Waals surface area contributed by atoms with Crippen LogP contribution in [0.1, 0.15) is 27.0 Å². The van der Waals surface area contributed by atoms with Crippen molar-refractivity contribution in [3.63, 3.8) is 0 Å². The van der Waals surface area contributed by atoms with Crippen LogP contribution in [0, 0.1) is 6.92 Å². The molecule has 182 valence electrons. The Morgan fingerprint density at radius 2 is 1.71 bits per heavy atom. The number of amides is 1. The molecule has 0 atom stereocenters. The average Bonchev–Trinajstić information content (AvgIpc) is 2.78. The van der Waals surface area contributed by atoms with Crippen LogP contribution in [0.2, 0.25) is 0 Å². The molecule has 1 amide bonds. The lowest BCUT2D eigenvalue weighted by atomic mass is 10.1. The molecular formula is C24H29N3O6S. The number of hydrogen-bond acceptors (Lipinski definition) is 7. The number of aryl methyl sites for hydroxylation is 1. The number of benzene rings is 2. The van der Waals surface area contributed by atoms with E-state index in [-0.39, 0.29) is 0 Å². The number of hydrogen-bond donors (Lipinski definition) is 3. The van der Waals surface area contributed by atoms with Crippen LogP contribution in [-0.2, 0) is 23.1 Å². The first-order chi connectivity index (χ1) is 16.0. The van der Waals surface area contributed by atoms with Crippen molar-refractivity contribution < 1.29 is 27.2 Å². The van der Waals surface area contributed by atoms with Gasteiger partial charge in [0.1, 0.15) is 0 Å². The Hall–Kier alpha value is -3.47. The number of aromatic nitrogens is 1. The molecule has 2 aromatic carbocycles. The highest BCUT2D eigenvalue weighted by molar-refractivity contribution is 7.85. The number of nitrogens with zero attached hydrogens (tertiary/aromatic N) is 1. The van der Waals surface area contributed by atoms with Gasteiger partial charge in [0.15, 0.2) is 11.5 Å². The molecule has 0 aliphatic carbocycles. The van der Waals surface area contributed by atoms with Gasteiger partial charge >= 0.3 is 0 Å². The number of carbonyl (C=O) groups is 1. The molecule has 0 saturated heterocycles.